The summed E-state index contributed by atoms with van der Waals surface area (Å²) in [7, 11) is 1.14. The number of carbonyl (C=O) groups excluding carboxylic acids is 2. The number of esters is 2. The minimum atomic E-state index is -4.63. The van der Waals surface area contributed by atoms with Crippen LogP contribution in [0.25, 0.3) is 0 Å². The molecule has 9 nitrogen and oxygen atoms in total. The number of phosphoric ester groups is 1. The van der Waals surface area contributed by atoms with Crippen molar-refractivity contribution in [2.75, 3.05) is 47.5 Å². The topological polar surface area (TPSA) is 111 Å². The first-order valence-corrected chi connectivity index (χ1v) is 21.8. The van der Waals surface area contributed by atoms with E-state index >= 15 is 0 Å². The van der Waals surface area contributed by atoms with Gasteiger partial charge in [-0.15, -0.1) is 0 Å². The van der Waals surface area contributed by atoms with E-state index in [1.807, 2.05) is 21.1 Å². The predicted molar refractivity (Wildman–Crippen MR) is 213 cm³/mol. The van der Waals surface area contributed by atoms with Crippen LogP contribution in [0.1, 0.15) is 155 Å². The Hall–Kier alpha value is -2.03. The van der Waals surface area contributed by atoms with Crippen molar-refractivity contribution < 1.29 is 42.1 Å². The lowest BCUT2D eigenvalue weighted by Crippen LogP contribution is -2.37. The molecule has 0 saturated heterocycles. The summed E-state index contributed by atoms with van der Waals surface area (Å²) in [6, 6.07) is 0. The third-order valence-corrected chi connectivity index (χ3v) is 9.32. The third-order valence-electron chi connectivity index (χ3n) is 8.35. The molecule has 0 rings (SSSR count). The highest BCUT2D eigenvalue weighted by atomic mass is 31.2. The number of carbonyl (C=O) groups is 2. The first kappa shape index (κ1) is 50.0. The molecule has 0 aromatic rings. The molecule has 302 valence electrons. The van der Waals surface area contributed by atoms with Gasteiger partial charge >= 0.3 is 11.9 Å². The second-order valence-corrected chi connectivity index (χ2v) is 16.1. The first-order valence-electron chi connectivity index (χ1n) is 20.3. The highest BCUT2D eigenvalue weighted by Gasteiger charge is 2.21. The minimum Gasteiger partial charge on any atom is -0.756 e. The van der Waals surface area contributed by atoms with Gasteiger partial charge in [0.1, 0.15) is 19.8 Å². The molecule has 0 bridgehead atoms. The highest BCUT2D eigenvalue weighted by molar-refractivity contribution is 7.45. The molecule has 0 N–H and O–H groups in total. The molecule has 0 fully saturated rings. The molecular weight excluding hydrogens is 677 g/mol. The zero-order valence-electron chi connectivity index (χ0n) is 33.7. The van der Waals surface area contributed by atoms with Crippen molar-refractivity contribution in [3.8, 4) is 0 Å². The predicted octanol–water partition coefficient (Wildman–Crippen LogP) is 10.5. The largest absolute Gasteiger partial charge is 0.756 e. The van der Waals surface area contributed by atoms with Crippen molar-refractivity contribution in [2.24, 2.45) is 0 Å². The van der Waals surface area contributed by atoms with Crippen LogP contribution < -0.4 is 4.89 Å². The Morgan fingerprint density at radius 1 is 0.596 bits per heavy atom. The van der Waals surface area contributed by atoms with E-state index in [0.717, 1.165) is 57.8 Å². The Bertz CT molecular complexity index is 1030. The molecule has 0 aliphatic rings. The summed E-state index contributed by atoms with van der Waals surface area (Å²) >= 11 is 0. The smallest absolute Gasteiger partial charge is 0.306 e. The number of hydrogen-bond acceptors (Lipinski definition) is 8. The number of nitrogens with zero attached hydrogens (tertiary/aromatic N) is 1. The molecule has 0 aromatic heterocycles. The Kier molecular flexibility index (Phi) is 33.4. The molecule has 0 saturated carbocycles. The van der Waals surface area contributed by atoms with Crippen LogP contribution in [0.4, 0.5) is 0 Å². The zero-order valence-corrected chi connectivity index (χ0v) is 34.6. The number of allylic oxidation sites excluding steroid dienone is 8. The van der Waals surface area contributed by atoms with Crippen molar-refractivity contribution in [3.63, 3.8) is 0 Å². The van der Waals surface area contributed by atoms with E-state index in [1.165, 1.54) is 64.2 Å². The maximum Gasteiger partial charge on any atom is 0.306 e. The van der Waals surface area contributed by atoms with Gasteiger partial charge in [0.2, 0.25) is 0 Å². The van der Waals surface area contributed by atoms with Crippen LogP contribution in [0, 0.1) is 0 Å². The summed E-state index contributed by atoms with van der Waals surface area (Å²) < 4.78 is 33.7. The fourth-order valence-corrected chi connectivity index (χ4v) is 5.84. The van der Waals surface area contributed by atoms with Gasteiger partial charge in [-0.3, -0.25) is 14.2 Å². The van der Waals surface area contributed by atoms with Gasteiger partial charge < -0.3 is 27.9 Å². The summed E-state index contributed by atoms with van der Waals surface area (Å²) in [4.78, 5) is 37.3. The van der Waals surface area contributed by atoms with Crippen molar-refractivity contribution in [1.29, 1.82) is 0 Å². The van der Waals surface area contributed by atoms with E-state index in [-0.39, 0.29) is 26.1 Å². The SMILES string of the molecule is CCCCC/C=C/C/C=C/C/C=C/C/C=C/CCCCCC(=O)O[C@H](COC(=O)CCCCCCCCCCC)COP(=O)([O-])OCC[N+](C)(C)C. The molecular formula is C42H76NO8P. The monoisotopic (exact) mass is 754 g/mol. The Balaban J connectivity index is 4.44. The van der Waals surface area contributed by atoms with E-state index < -0.39 is 32.5 Å². The third kappa shape index (κ3) is 37.7. The van der Waals surface area contributed by atoms with Crippen LogP contribution in [-0.2, 0) is 32.7 Å². The lowest BCUT2D eigenvalue weighted by molar-refractivity contribution is -0.870. The number of likely N-dealkylation sites (N-methyl/N-ethyl adjacent to an activating group) is 1. The van der Waals surface area contributed by atoms with E-state index in [9.17, 15) is 19.0 Å². The molecule has 0 spiro atoms. The molecule has 10 heteroatoms. The van der Waals surface area contributed by atoms with Crippen LogP contribution >= 0.6 is 7.82 Å². The summed E-state index contributed by atoms with van der Waals surface area (Å²) in [5.74, 6) is -0.877. The molecule has 0 aliphatic heterocycles. The number of ether oxygens (including phenoxy) is 2. The van der Waals surface area contributed by atoms with Crippen molar-refractivity contribution in [1.82, 2.24) is 0 Å². The van der Waals surface area contributed by atoms with Gasteiger partial charge in [0.15, 0.2) is 6.10 Å². The van der Waals surface area contributed by atoms with Crippen molar-refractivity contribution >= 4 is 19.8 Å². The molecule has 0 amide bonds. The maximum absolute atomic E-state index is 12.6. The molecule has 0 aliphatic carbocycles. The van der Waals surface area contributed by atoms with E-state index in [1.54, 1.807) is 0 Å². The van der Waals surface area contributed by atoms with Crippen LogP contribution in [0.15, 0.2) is 48.6 Å². The number of unbranched alkanes of at least 4 members (excludes halogenated alkanes) is 14. The second-order valence-electron chi connectivity index (χ2n) is 14.7. The quantitative estimate of drug-likeness (QED) is 0.0204. The fourth-order valence-electron chi connectivity index (χ4n) is 5.11. The number of phosphoric acid groups is 1. The summed E-state index contributed by atoms with van der Waals surface area (Å²) in [5.41, 5.74) is 0. The highest BCUT2D eigenvalue weighted by Crippen LogP contribution is 2.38. The van der Waals surface area contributed by atoms with Gasteiger partial charge in [-0.1, -0.05) is 133 Å². The van der Waals surface area contributed by atoms with Crippen LogP contribution in [0.3, 0.4) is 0 Å². The maximum atomic E-state index is 12.6. The molecule has 52 heavy (non-hydrogen) atoms. The van der Waals surface area contributed by atoms with Crippen molar-refractivity contribution in [3.05, 3.63) is 48.6 Å². The van der Waals surface area contributed by atoms with Crippen LogP contribution in [0.5, 0.6) is 0 Å². The van der Waals surface area contributed by atoms with Gasteiger partial charge in [-0.25, -0.2) is 0 Å². The number of quaternary nitrogens is 1. The van der Waals surface area contributed by atoms with Crippen molar-refractivity contribution in [2.45, 2.75) is 161 Å². The minimum absolute atomic E-state index is 0.0382. The second kappa shape index (κ2) is 34.7. The first-order chi connectivity index (χ1) is 25.0. The average molecular weight is 754 g/mol. The lowest BCUT2D eigenvalue weighted by Gasteiger charge is -2.28. The fraction of sp³-hybridized carbons (Fsp3) is 0.762. The Morgan fingerprint density at radius 2 is 1.04 bits per heavy atom. The summed E-state index contributed by atoms with van der Waals surface area (Å²) in [6.45, 7) is 4.12. The van der Waals surface area contributed by atoms with Gasteiger partial charge in [-0.05, 0) is 57.8 Å². The molecule has 1 unspecified atom stereocenters. The van der Waals surface area contributed by atoms with Gasteiger partial charge in [0.05, 0.1) is 27.7 Å². The van der Waals surface area contributed by atoms with Crippen LogP contribution in [0.2, 0.25) is 0 Å². The number of hydrogen-bond donors (Lipinski definition) is 0. The molecule has 0 radical (unpaired) electrons. The summed E-state index contributed by atoms with van der Waals surface area (Å²) in [6.07, 6.45) is 38.6. The summed E-state index contributed by atoms with van der Waals surface area (Å²) in [5, 5.41) is 0. The van der Waals surface area contributed by atoms with E-state index in [2.05, 4.69) is 62.5 Å². The molecule has 2 atom stereocenters. The Morgan fingerprint density at radius 3 is 1.58 bits per heavy atom. The Labute approximate surface area is 318 Å². The van der Waals surface area contributed by atoms with E-state index in [4.69, 9.17) is 18.5 Å². The lowest BCUT2D eigenvalue weighted by atomic mass is 10.1. The van der Waals surface area contributed by atoms with E-state index in [0.29, 0.717) is 17.4 Å². The number of rotatable bonds is 36. The standard InChI is InChI=1S/C42H76NO8P/c1-6-8-10-12-14-16-17-18-19-20-21-22-23-24-25-27-29-31-33-35-42(45)51-40(39-50-52(46,47)49-37-36-43(3,4)5)38-48-41(44)34-32-30-28-26-15-13-11-9-7-2/h14,16,18-19,21-22,24-25,40H,6-13,15,17,20,23,26-39H2,1-5H3/b16-14+,19-18+,22-21+,25-24+/t40-/m1/s1. The van der Waals surface area contributed by atoms with Gasteiger partial charge in [-0.2, -0.15) is 0 Å². The van der Waals surface area contributed by atoms with Gasteiger partial charge in [0, 0.05) is 12.8 Å². The van der Waals surface area contributed by atoms with Gasteiger partial charge in [0.25, 0.3) is 7.82 Å². The molecule has 0 aromatic carbocycles. The normalized spacial score (nSPS) is 14.2. The molecule has 0 heterocycles. The average Bonchev–Trinajstić information content (AvgIpc) is 3.09. The van der Waals surface area contributed by atoms with Crippen LogP contribution in [-0.4, -0.2) is 70.0 Å². The zero-order chi connectivity index (χ0) is 38.6.